The monoisotopic (exact) mass is 220 g/mol. The van der Waals surface area contributed by atoms with Crippen LogP contribution in [0.4, 0.5) is 0 Å². The summed E-state index contributed by atoms with van der Waals surface area (Å²) in [6.07, 6.45) is 3.32. The SMILES string of the molecule is COC(=O)[C@@H]1C(=O)NC[C@H]1c1cccnc1. The van der Waals surface area contributed by atoms with Crippen molar-refractivity contribution >= 4 is 11.9 Å². The molecule has 84 valence electrons. The van der Waals surface area contributed by atoms with E-state index in [1.54, 1.807) is 18.5 Å². The van der Waals surface area contributed by atoms with Gasteiger partial charge in [0.2, 0.25) is 5.91 Å². The molecule has 2 rings (SSSR count). The second kappa shape index (κ2) is 4.30. The summed E-state index contributed by atoms with van der Waals surface area (Å²) in [6.45, 7) is 0.449. The maximum Gasteiger partial charge on any atom is 0.318 e. The van der Waals surface area contributed by atoms with Gasteiger partial charge in [0, 0.05) is 24.9 Å². The van der Waals surface area contributed by atoms with Gasteiger partial charge < -0.3 is 10.1 Å². The van der Waals surface area contributed by atoms with Gasteiger partial charge in [-0.05, 0) is 11.6 Å². The largest absolute Gasteiger partial charge is 0.468 e. The number of rotatable bonds is 2. The number of hydrogen-bond acceptors (Lipinski definition) is 4. The summed E-state index contributed by atoms with van der Waals surface area (Å²) in [5, 5.41) is 2.67. The van der Waals surface area contributed by atoms with E-state index in [-0.39, 0.29) is 11.8 Å². The number of carbonyl (C=O) groups is 2. The first-order valence-electron chi connectivity index (χ1n) is 4.99. The predicted octanol–water partition coefficient (Wildman–Crippen LogP) is 0.0842. The molecule has 0 aromatic carbocycles. The Morgan fingerprint density at radius 3 is 3.06 bits per heavy atom. The van der Waals surface area contributed by atoms with Crippen LogP contribution < -0.4 is 5.32 Å². The van der Waals surface area contributed by atoms with Crippen LogP contribution in [0.25, 0.3) is 0 Å². The van der Waals surface area contributed by atoms with E-state index in [1.807, 2.05) is 6.07 Å². The Morgan fingerprint density at radius 2 is 2.44 bits per heavy atom. The summed E-state index contributed by atoms with van der Waals surface area (Å²) in [5.41, 5.74) is 0.872. The molecule has 0 unspecified atom stereocenters. The van der Waals surface area contributed by atoms with E-state index in [9.17, 15) is 9.59 Å². The number of aromatic nitrogens is 1. The third kappa shape index (κ3) is 1.76. The van der Waals surface area contributed by atoms with Crippen LogP contribution in [0.3, 0.4) is 0 Å². The van der Waals surface area contributed by atoms with Gasteiger partial charge in [-0.1, -0.05) is 6.07 Å². The summed E-state index contributed by atoms with van der Waals surface area (Å²) in [7, 11) is 1.29. The van der Waals surface area contributed by atoms with Crippen LogP contribution in [0.15, 0.2) is 24.5 Å². The molecular weight excluding hydrogens is 208 g/mol. The second-order valence-corrected chi connectivity index (χ2v) is 3.64. The van der Waals surface area contributed by atoms with E-state index in [0.29, 0.717) is 6.54 Å². The normalized spacial score (nSPS) is 23.9. The predicted molar refractivity (Wildman–Crippen MR) is 55.5 cm³/mol. The Kier molecular flexibility index (Phi) is 2.85. The van der Waals surface area contributed by atoms with E-state index in [0.717, 1.165) is 5.56 Å². The minimum atomic E-state index is -0.755. The summed E-state index contributed by atoms with van der Waals surface area (Å²) in [6, 6.07) is 3.64. The molecule has 1 saturated heterocycles. The molecule has 1 aliphatic heterocycles. The average molecular weight is 220 g/mol. The van der Waals surface area contributed by atoms with E-state index in [1.165, 1.54) is 7.11 Å². The molecule has 0 bridgehead atoms. The number of nitrogens with one attached hydrogen (secondary N) is 1. The molecule has 0 spiro atoms. The number of pyridine rings is 1. The Bertz CT molecular complexity index is 405. The number of ether oxygens (including phenoxy) is 1. The Labute approximate surface area is 92.8 Å². The second-order valence-electron chi connectivity index (χ2n) is 3.64. The molecule has 0 aliphatic carbocycles. The Balaban J connectivity index is 2.28. The number of amides is 1. The zero-order chi connectivity index (χ0) is 11.5. The molecule has 1 aliphatic rings. The first kappa shape index (κ1) is 10.6. The van der Waals surface area contributed by atoms with Crippen molar-refractivity contribution in [2.75, 3.05) is 13.7 Å². The minimum Gasteiger partial charge on any atom is -0.468 e. The zero-order valence-corrected chi connectivity index (χ0v) is 8.84. The van der Waals surface area contributed by atoms with Crippen LogP contribution >= 0.6 is 0 Å². The first-order chi connectivity index (χ1) is 7.74. The molecule has 1 fully saturated rings. The standard InChI is InChI=1S/C11H12N2O3/c1-16-11(15)9-8(6-13-10(9)14)7-3-2-4-12-5-7/h2-5,8-9H,6H2,1H3,(H,13,14)/t8-,9-/m0/s1. The topological polar surface area (TPSA) is 68.3 Å². The van der Waals surface area contributed by atoms with Crippen molar-refractivity contribution in [1.29, 1.82) is 0 Å². The minimum absolute atomic E-state index is 0.186. The van der Waals surface area contributed by atoms with Crippen molar-refractivity contribution in [2.45, 2.75) is 5.92 Å². The molecule has 5 heteroatoms. The van der Waals surface area contributed by atoms with Gasteiger partial charge in [0.1, 0.15) is 5.92 Å². The molecular formula is C11H12N2O3. The van der Waals surface area contributed by atoms with Crippen molar-refractivity contribution in [3.8, 4) is 0 Å². The number of carbonyl (C=O) groups excluding carboxylic acids is 2. The highest BCUT2D eigenvalue weighted by Gasteiger charge is 2.41. The number of nitrogens with zero attached hydrogens (tertiary/aromatic N) is 1. The molecule has 2 heterocycles. The summed E-state index contributed by atoms with van der Waals surface area (Å²) >= 11 is 0. The van der Waals surface area contributed by atoms with Gasteiger partial charge >= 0.3 is 5.97 Å². The fourth-order valence-corrected chi connectivity index (χ4v) is 1.92. The first-order valence-corrected chi connectivity index (χ1v) is 4.99. The molecule has 1 N–H and O–H groups in total. The maximum absolute atomic E-state index is 11.5. The van der Waals surface area contributed by atoms with Crippen LogP contribution in [0.5, 0.6) is 0 Å². The van der Waals surface area contributed by atoms with Crippen molar-refractivity contribution in [1.82, 2.24) is 10.3 Å². The average Bonchev–Trinajstić information content (AvgIpc) is 2.71. The maximum atomic E-state index is 11.5. The van der Waals surface area contributed by atoms with Gasteiger partial charge in [-0.15, -0.1) is 0 Å². The van der Waals surface area contributed by atoms with Crippen LogP contribution in [-0.2, 0) is 14.3 Å². The smallest absolute Gasteiger partial charge is 0.318 e. The van der Waals surface area contributed by atoms with Gasteiger partial charge in [0.05, 0.1) is 7.11 Å². The van der Waals surface area contributed by atoms with Crippen molar-refractivity contribution in [3.63, 3.8) is 0 Å². The molecule has 0 saturated carbocycles. The zero-order valence-electron chi connectivity index (χ0n) is 8.84. The van der Waals surface area contributed by atoms with Gasteiger partial charge in [-0.25, -0.2) is 0 Å². The van der Waals surface area contributed by atoms with Crippen LogP contribution in [0, 0.1) is 5.92 Å². The molecule has 1 aromatic rings. The Hall–Kier alpha value is -1.91. The third-order valence-corrected chi connectivity index (χ3v) is 2.75. The lowest BCUT2D eigenvalue weighted by atomic mass is 9.89. The summed E-state index contributed by atoms with van der Waals surface area (Å²) in [4.78, 5) is 27.0. The summed E-state index contributed by atoms with van der Waals surface area (Å²) < 4.78 is 4.64. The van der Waals surface area contributed by atoms with Crippen LogP contribution in [0.1, 0.15) is 11.5 Å². The van der Waals surface area contributed by atoms with Crippen molar-refractivity contribution in [2.24, 2.45) is 5.92 Å². The molecule has 16 heavy (non-hydrogen) atoms. The van der Waals surface area contributed by atoms with E-state index < -0.39 is 11.9 Å². The van der Waals surface area contributed by atoms with Crippen molar-refractivity contribution < 1.29 is 14.3 Å². The molecule has 1 amide bonds. The third-order valence-electron chi connectivity index (χ3n) is 2.75. The molecule has 2 atom stereocenters. The highest BCUT2D eigenvalue weighted by Crippen LogP contribution is 2.29. The van der Waals surface area contributed by atoms with E-state index in [4.69, 9.17) is 0 Å². The highest BCUT2D eigenvalue weighted by atomic mass is 16.5. The van der Waals surface area contributed by atoms with Gasteiger partial charge in [-0.3, -0.25) is 14.6 Å². The quantitative estimate of drug-likeness (QED) is 0.566. The van der Waals surface area contributed by atoms with E-state index in [2.05, 4.69) is 15.0 Å². The number of esters is 1. The number of hydrogen-bond donors (Lipinski definition) is 1. The van der Waals surface area contributed by atoms with Gasteiger partial charge in [0.15, 0.2) is 0 Å². The fourth-order valence-electron chi connectivity index (χ4n) is 1.92. The van der Waals surface area contributed by atoms with Crippen LogP contribution in [0.2, 0.25) is 0 Å². The van der Waals surface area contributed by atoms with E-state index >= 15 is 0 Å². The van der Waals surface area contributed by atoms with Crippen molar-refractivity contribution in [3.05, 3.63) is 30.1 Å². The lowest BCUT2D eigenvalue weighted by Gasteiger charge is -2.14. The molecule has 1 aromatic heterocycles. The lowest BCUT2D eigenvalue weighted by Crippen LogP contribution is -2.28. The molecule has 0 radical (unpaired) electrons. The number of methoxy groups -OCH3 is 1. The van der Waals surface area contributed by atoms with Crippen LogP contribution in [-0.4, -0.2) is 30.5 Å². The Morgan fingerprint density at radius 1 is 1.62 bits per heavy atom. The molecule has 5 nitrogen and oxygen atoms in total. The van der Waals surface area contributed by atoms with Gasteiger partial charge in [0.25, 0.3) is 0 Å². The fraction of sp³-hybridized carbons (Fsp3) is 0.364. The summed E-state index contributed by atoms with van der Waals surface area (Å²) in [5.74, 6) is -1.72. The lowest BCUT2D eigenvalue weighted by molar-refractivity contribution is -0.149. The van der Waals surface area contributed by atoms with Gasteiger partial charge in [-0.2, -0.15) is 0 Å². The highest BCUT2D eigenvalue weighted by molar-refractivity contribution is 6.00.